The van der Waals surface area contributed by atoms with Crippen molar-refractivity contribution in [2.45, 2.75) is 13.8 Å². The second kappa shape index (κ2) is 7.90. The first kappa shape index (κ1) is 17.1. The van der Waals surface area contributed by atoms with E-state index in [4.69, 9.17) is 0 Å². The van der Waals surface area contributed by atoms with Gasteiger partial charge in [0.1, 0.15) is 10.8 Å². The van der Waals surface area contributed by atoms with Crippen molar-refractivity contribution in [3.63, 3.8) is 0 Å². The number of hydrogen-bond donors (Lipinski definition) is 1. The van der Waals surface area contributed by atoms with E-state index in [1.807, 2.05) is 35.7 Å². The molecule has 1 aromatic carbocycles. The Balaban J connectivity index is 1.67. The number of aromatic nitrogens is 2. The molecule has 0 aliphatic heterocycles. The maximum atomic E-state index is 12.4. The summed E-state index contributed by atoms with van der Waals surface area (Å²) in [5, 5.41) is 5.81. The van der Waals surface area contributed by atoms with Crippen LogP contribution in [0.4, 0.5) is 11.5 Å². The van der Waals surface area contributed by atoms with Crippen molar-refractivity contribution in [1.82, 2.24) is 9.97 Å². The van der Waals surface area contributed by atoms with Crippen LogP contribution in [0.25, 0.3) is 10.6 Å². The van der Waals surface area contributed by atoms with Gasteiger partial charge in [0.2, 0.25) is 0 Å². The Morgan fingerprint density at radius 3 is 2.40 bits per heavy atom. The zero-order valence-electron chi connectivity index (χ0n) is 14.3. The van der Waals surface area contributed by atoms with E-state index in [9.17, 15) is 4.79 Å². The molecule has 3 rings (SSSR count). The Morgan fingerprint density at radius 2 is 1.84 bits per heavy atom. The first-order valence-electron chi connectivity index (χ1n) is 8.23. The normalized spacial score (nSPS) is 10.5. The molecule has 0 unspecified atom stereocenters. The Kier molecular flexibility index (Phi) is 5.40. The fourth-order valence-electron chi connectivity index (χ4n) is 2.52. The number of hydrogen-bond acceptors (Lipinski definition) is 5. The quantitative estimate of drug-likeness (QED) is 0.718. The summed E-state index contributed by atoms with van der Waals surface area (Å²) in [7, 11) is 0. The van der Waals surface area contributed by atoms with Crippen LogP contribution in [-0.4, -0.2) is 29.0 Å². The van der Waals surface area contributed by atoms with E-state index in [-0.39, 0.29) is 5.91 Å². The molecule has 0 radical (unpaired) electrons. The van der Waals surface area contributed by atoms with E-state index in [2.05, 4.69) is 34.0 Å². The van der Waals surface area contributed by atoms with Crippen molar-refractivity contribution >= 4 is 28.7 Å². The van der Waals surface area contributed by atoms with Crippen LogP contribution >= 0.6 is 11.3 Å². The maximum Gasteiger partial charge on any atom is 0.257 e. The number of nitrogens with zero attached hydrogens (tertiary/aromatic N) is 3. The zero-order chi connectivity index (χ0) is 17.6. The van der Waals surface area contributed by atoms with Gasteiger partial charge in [0.05, 0.1) is 5.56 Å². The molecule has 0 saturated carbocycles. The number of benzene rings is 1. The molecule has 5 nitrogen and oxygen atoms in total. The van der Waals surface area contributed by atoms with E-state index >= 15 is 0 Å². The first-order chi connectivity index (χ1) is 12.2. The van der Waals surface area contributed by atoms with Crippen molar-refractivity contribution in [1.29, 1.82) is 0 Å². The summed E-state index contributed by atoms with van der Waals surface area (Å²) in [6.07, 6.45) is 3.40. The molecular weight excluding hydrogens is 332 g/mol. The number of rotatable bonds is 6. The number of amides is 1. The highest BCUT2D eigenvalue weighted by Crippen LogP contribution is 2.23. The number of nitrogens with one attached hydrogen (secondary N) is 1. The van der Waals surface area contributed by atoms with Crippen LogP contribution in [0, 0.1) is 0 Å². The molecule has 3 aromatic rings. The largest absolute Gasteiger partial charge is 0.357 e. The zero-order valence-corrected chi connectivity index (χ0v) is 15.1. The van der Waals surface area contributed by atoms with E-state index < -0.39 is 0 Å². The van der Waals surface area contributed by atoms with Gasteiger partial charge < -0.3 is 10.2 Å². The smallest absolute Gasteiger partial charge is 0.257 e. The molecule has 0 atom stereocenters. The summed E-state index contributed by atoms with van der Waals surface area (Å²) in [5.74, 6) is 0.718. The minimum atomic E-state index is -0.166. The molecule has 2 aromatic heterocycles. The highest BCUT2D eigenvalue weighted by Gasteiger charge is 2.09. The Bertz CT molecular complexity index is 810. The Labute approximate surface area is 151 Å². The van der Waals surface area contributed by atoms with Gasteiger partial charge >= 0.3 is 0 Å². The lowest BCUT2D eigenvalue weighted by molar-refractivity contribution is 0.102. The van der Waals surface area contributed by atoms with E-state index in [0.29, 0.717) is 5.56 Å². The van der Waals surface area contributed by atoms with Gasteiger partial charge in [0, 0.05) is 42.1 Å². The molecule has 0 aliphatic carbocycles. The number of thiazole rings is 1. The molecule has 2 heterocycles. The number of anilines is 2. The molecule has 1 N–H and O–H groups in total. The minimum absolute atomic E-state index is 0.166. The lowest BCUT2D eigenvalue weighted by atomic mass is 10.2. The average molecular weight is 352 g/mol. The third-order valence-corrected chi connectivity index (χ3v) is 4.74. The van der Waals surface area contributed by atoms with Gasteiger partial charge in [-0.1, -0.05) is 0 Å². The monoisotopic (exact) mass is 352 g/mol. The van der Waals surface area contributed by atoms with Gasteiger partial charge in [-0.15, -0.1) is 11.3 Å². The summed E-state index contributed by atoms with van der Waals surface area (Å²) in [5.41, 5.74) is 2.33. The van der Waals surface area contributed by atoms with Crippen LogP contribution in [0.2, 0.25) is 0 Å². The van der Waals surface area contributed by atoms with Gasteiger partial charge in [-0.2, -0.15) is 0 Å². The first-order valence-corrected chi connectivity index (χ1v) is 9.11. The highest BCUT2D eigenvalue weighted by molar-refractivity contribution is 7.13. The number of carbonyl (C=O) groups is 1. The topological polar surface area (TPSA) is 58.1 Å². The summed E-state index contributed by atoms with van der Waals surface area (Å²) in [6, 6.07) is 11.4. The molecule has 0 spiro atoms. The van der Waals surface area contributed by atoms with Gasteiger partial charge in [0.25, 0.3) is 5.91 Å². The van der Waals surface area contributed by atoms with Crippen LogP contribution in [0.3, 0.4) is 0 Å². The molecule has 25 heavy (non-hydrogen) atoms. The maximum absolute atomic E-state index is 12.4. The van der Waals surface area contributed by atoms with Crippen LogP contribution in [0.1, 0.15) is 24.2 Å². The minimum Gasteiger partial charge on any atom is -0.357 e. The van der Waals surface area contributed by atoms with Crippen molar-refractivity contribution in [3.05, 3.63) is 59.7 Å². The van der Waals surface area contributed by atoms with Crippen LogP contribution in [0.5, 0.6) is 0 Å². The molecule has 0 bridgehead atoms. The fraction of sp³-hybridized carbons (Fsp3) is 0.211. The van der Waals surface area contributed by atoms with Gasteiger partial charge in [-0.05, 0) is 50.2 Å². The SMILES string of the molecule is CCN(CC)c1ccc(C(=O)Nc2ccc(-c3nccs3)cc2)cn1. The summed E-state index contributed by atoms with van der Waals surface area (Å²) < 4.78 is 0. The standard InChI is InChI=1S/C19H20N4OS/c1-3-23(4-2)17-10-7-15(13-21-17)18(24)22-16-8-5-14(6-9-16)19-20-11-12-25-19/h5-13H,3-4H2,1-2H3,(H,22,24). The second-order valence-electron chi connectivity index (χ2n) is 5.45. The van der Waals surface area contributed by atoms with Crippen LogP contribution in [-0.2, 0) is 0 Å². The molecule has 0 fully saturated rings. The second-order valence-corrected chi connectivity index (χ2v) is 6.34. The molecule has 0 saturated heterocycles. The predicted octanol–water partition coefficient (Wildman–Crippen LogP) is 4.30. The molecular formula is C19H20N4OS. The van der Waals surface area contributed by atoms with Crippen LogP contribution in [0.15, 0.2) is 54.2 Å². The van der Waals surface area contributed by atoms with Gasteiger partial charge in [-0.3, -0.25) is 4.79 Å². The lowest BCUT2D eigenvalue weighted by Crippen LogP contribution is -2.23. The number of pyridine rings is 1. The van der Waals surface area contributed by atoms with Crippen molar-refractivity contribution in [2.24, 2.45) is 0 Å². The van der Waals surface area contributed by atoms with Gasteiger partial charge in [0.15, 0.2) is 0 Å². The third-order valence-electron chi connectivity index (χ3n) is 3.92. The number of carbonyl (C=O) groups excluding carboxylic acids is 1. The fourth-order valence-corrected chi connectivity index (χ4v) is 3.16. The summed E-state index contributed by atoms with van der Waals surface area (Å²) in [6.45, 7) is 5.95. The Morgan fingerprint density at radius 1 is 1.08 bits per heavy atom. The van der Waals surface area contributed by atoms with Crippen molar-refractivity contribution in [3.8, 4) is 10.6 Å². The van der Waals surface area contributed by atoms with Crippen molar-refractivity contribution < 1.29 is 4.79 Å². The Hall–Kier alpha value is -2.73. The average Bonchev–Trinajstić information content (AvgIpc) is 3.18. The van der Waals surface area contributed by atoms with Gasteiger partial charge in [-0.25, -0.2) is 9.97 Å². The highest BCUT2D eigenvalue weighted by atomic mass is 32.1. The van der Waals surface area contributed by atoms with E-state index in [1.54, 1.807) is 29.8 Å². The molecule has 6 heteroatoms. The molecule has 0 aliphatic rings. The summed E-state index contributed by atoms with van der Waals surface area (Å²) >= 11 is 1.59. The predicted molar refractivity (Wildman–Crippen MR) is 103 cm³/mol. The summed E-state index contributed by atoms with van der Waals surface area (Å²) in [4.78, 5) is 23.2. The van der Waals surface area contributed by atoms with Crippen LogP contribution < -0.4 is 10.2 Å². The lowest BCUT2D eigenvalue weighted by Gasteiger charge is -2.19. The van der Waals surface area contributed by atoms with Crippen molar-refractivity contribution in [2.75, 3.05) is 23.3 Å². The third kappa shape index (κ3) is 4.03. The molecule has 128 valence electrons. The molecule has 1 amide bonds. The van der Waals surface area contributed by atoms with E-state index in [0.717, 1.165) is 35.2 Å². The van der Waals surface area contributed by atoms with E-state index in [1.165, 1.54) is 0 Å².